The van der Waals surface area contributed by atoms with Crippen LogP contribution in [-0.2, 0) is 14.9 Å². The van der Waals surface area contributed by atoms with E-state index < -0.39 is 10.9 Å². The van der Waals surface area contributed by atoms with Crippen molar-refractivity contribution in [3.8, 4) is 0 Å². The first kappa shape index (κ1) is 19.8. The highest BCUT2D eigenvalue weighted by atomic mass is 35.5. The molecule has 2 aliphatic heterocycles. The van der Waals surface area contributed by atoms with Gasteiger partial charge in [0.1, 0.15) is 0 Å². The third kappa shape index (κ3) is 3.27. The molecule has 2 aromatic rings. The summed E-state index contributed by atoms with van der Waals surface area (Å²) in [6.07, 6.45) is 3.46. The lowest BCUT2D eigenvalue weighted by Gasteiger charge is -2.23. The van der Waals surface area contributed by atoms with Crippen LogP contribution in [0.2, 0.25) is 5.02 Å². The number of anilines is 1. The Morgan fingerprint density at radius 3 is 2.63 bits per heavy atom. The van der Waals surface area contributed by atoms with E-state index in [0.717, 1.165) is 11.4 Å². The molecule has 0 unspecified atom stereocenters. The van der Waals surface area contributed by atoms with Gasteiger partial charge in [0.25, 0.3) is 5.69 Å². The summed E-state index contributed by atoms with van der Waals surface area (Å²) in [6.45, 7) is 4.23. The van der Waals surface area contributed by atoms with Gasteiger partial charge in [0.2, 0.25) is 5.90 Å². The minimum atomic E-state index is -0.625. The fourth-order valence-corrected chi connectivity index (χ4v) is 4.04. The van der Waals surface area contributed by atoms with Crippen molar-refractivity contribution in [1.82, 2.24) is 0 Å². The third-order valence-corrected chi connectivity index (χ3v) is 5.52. The first-order valence-electron chi connectivity index (χ1n) is 9.20. The number of allylic oxidation sites excluding steroid dienone is 3. The van der Waals surface area contributed by atoms with Crippen LogP contribution in [0, 0.1) is 10.1 Å². The first-order chi connectivity index (χ1) is 14.2. The van der Waals surface area contributed by atoms with Crippen molar-refractivity contribution in [2.24, 2.45) is 4.99 Å². The Morgan fingerprint density at radius 1 is 1.20 bits per heavy atom. The number of halogens is 1. The zero-order valence-electron chi connectivity index (χ0n) is 16.5. The number of nitro groups is 1. The number of benzene rings is 2. The van der Waals surface area contributed by atoms with Gasteiger partial charge >= 0.3 is 5.97 Å². The minimum absolute atomic E-state index is 0.0161. The lowest BCUT2D eigenvalue weighted by atomic mass is 9.84. The summed E-state index contributed by atoms with van der Waals surface area (Å²) in [5.41, 5.74) is 3.24. The van der Waals surface area contributed by atoms with Crippen molar-refractivity contribution in [2.45, 2.75) is 19.3 Å². The number of non-ortho nitro benzene ring substituents is 1. The van der Waals surface area contributed by atoms with Gasteiger partial charge in [0, 0.05) is 46.6 Å². The molecule has 0 atom stereocenters. The van der Waals surface area contributed by atoms with Crippen LogP contribution in [0.15, 0.2) is 71.0 Å². The molecule has 0 amide bonds. The lowest BCUT2D eigenvalue weighted by Crippen LogP contribution is -2.22. The highest BCUT2D eigenvalue weighted by molar-refractivity contribution is 6.31. The SMILES string of the molecule is CN1/C(=C\C=C2\N=C(c3cc(Cl)cc([N+](=O)[O-])c3)OC2=O)C(C)(C)c2ccccc21. The number of hydrogen-bond acceptors (Lipinski definition) is 6. The number of fused-ring (bicyclic) bond motifs is 1. The van der Waals surface area contributed by atoms with Gasteiger partial charge in [-0.1, -0.05) is 43.6 Å². The number of cyclic esters (lactones) is 1. The fraction of sp³-hybridized carbons (Fsp3) is 0.182. The van der Waals surface area contributed by atoms with Crippen molar-refractivity contribution in [1.29, 1.82) is 0 Å². The Hall–Kier alpha value is -3.45. The zero-order valence-corrected chi connectivity index (χ0v) is 17.3. The van der Waals surface area contributed by atoms with E-state index in [4.69, 9.17) is 16.3 Å². The molecule has 0 aromatic heterocycles. The van der Waals surface area contributed by atoms with Crippen LogP contribution >= 0.6 is 11.6 Å². The number of likely N-dealkylation sites (N-methyl/N-ethyl adjacent to an activating group) is 1. The molecule has 0 radical (unpaired) electrons. The van der Waals surface area contributed by atoms with Crippen molar-refractivity contribution in [2.75, 3.05) is 11.9 Å². The standard InChI is InChI=1S/C22H18ClN3O4/c1-22(2)16-6-4-5-7-18(16)25(3)19(22)9-8-17-21(27)30-20(24-17)13-10-14(23)12-15(11-13)26(28)29/h4-12H,1-3H3/b17-8+,19-9-. The largest absolute Gasteiger partial charge is 0.402 e. The molecule has 0 saturated carbocycles. The normalized spacial score (nSPS) is 19.8. The van der Waals surface area contributed by atoms with Crippen molar-refractivity contribution in [3.63, 3.8) is 0 Å². The lowest BCUT2D eigenvalue weighted by molar-refractivity contribution is -0.384. The monoisotopic (exact) mass is 423 g/mol. The maximum Gasteiger partial charge on any atom is 0.363 e. The molecule has 30 heavy (non-hydrogen) atoms. The number of carbonyl (C=O) groups excluding carboxylic acids is 1. The molecule has 0 bridgehead atoms. The zero-order chi connectivity index (χ0) is 21.6. The molecule has 0 saturated heterocycles. The average molecular weight is 424 g/mol. The van der Waals surface area contributed by atoms with Crippen LogP contribution in [-0.4, -0.2) is 23.8 Å². The first-order valence-corrected chi connectivity index (χ1v) is 9.58. The van der Waals surface area contributed by atoms with E-state index in [-0.39, 0.29) is 33.3 Å². The maximum absolute atomic E-state index is 12.3. The highest BCUT2D eigenvalue weighted by Gasteiger charge is 2.38. The third-order valence-electron chi connectivity index (χ3n) is 5.30. The highest BCUT2D eigenvalue weighted by Crippen LogP contribution is 2.46. The summed E-state index contributed by atoms with van der Waals surface area (Å²) in [6, 6.07) is 12.1. The van der Waals surface area contributed by atoms with Gasteiger partial charge in [-0.25, -0.2) is 9.79 Å². The molecule has 0 fully saturated rings. The fourth-order valence-electron chi connectivity index (χ4n) is 3.81. The van der Waals surface area contributed by atoms with Gasteiger partial charge in [0.15, 0.2) is 5.70 Å². The Balaban J connectivity index is 1.70. The minimum Gasteiger partial charge on any atom is -0.402 e. The van der Waals surface area contributed by atoms with Crippen LogP contribution in [0.1, 0.15) is 25.0 Å². The Bertz CT molecular complexity index is 1180. The predicted octanol–water partition coefficient (Wildman–Crippen LogP) is 4.75. The van der Waals surface area contributed by atoms with Crippen molar-refractivity contribution >= 4 is 34.8 Å². The van der Waals surface area contributed by atoms with Gasteiger partial charge in [-0.3, -0.25) is 10.1 Å². The Labute approximate surface area is 178 Å². The molecule has 0 N–H and O–H groups in total. The molecule has 7 nitrogen and oxygen atoms in total. The number of ether oxygens (including phenoxy) is 1. The molecular formula is C22H18ClN3O4. The Kier molecular flexibility index (Phi) is 4.70. The van der Waals surface area contributed by atoms with Crippen molar-refractivity contribution < 1.29 is 14.5 Å². The summed E-state index contributed by atoms with van der Waals surface area (Å²) >= 11 is 5.95. The molecular weight excluding hydrogens is 406 g/mol. The molecule has 0 aliphatic carbocycles. The van der Waals surface area contributed by atoms with E-state index in [9.17, 15) is 14.9 Å². The van der Waals surface area contributed by atoms with Crippen LogP contribution in [0.5, 0.6) is 0 Å². The second kappa shape index (κ2) is 7.11. The van der Waals surface area contributed by atoms with E-state index in [1.54, 1.807) is 6.08 Å². The molecule has 2 heterocycles. The summed E-state index contributed by atoms with van der Waals surface area (Å²) in [4.78, 5) is 29.1. The molecule has 2 aromatic carbocycles. The van der Waals surface area contributed by atoms with Gasteiger partial charge in [0.05, 0.1) is 4.92 Å². The summed E-state index contributed by atoms with van der Waals surface area (Å²) in [5.74, 6) is -0.641. The van der Waals surface area contributed by atoms with Gasteiger partial charge < -0.3 is 9.64 Å². The number of hydrogen-bond donors (Lipinski definition) is 0. The topological polar surface area (TPSA) is 85.0 Å². The number of nitro benzene ring substituents is 1. The molecule has 2 aliphatic rings. The number of para-hydroxylation sites is 1. The van der Waals surface area contributed by atoms with E-state index in [0.29, 0.717) is 0 Å². The van der Waals surface area contributed by atoms with Gasteiger partial charge in [-0.05, 0) is 29.8 Å². The Morgan fingerprint density at radius 2 is 1.93 bits per heavy atom. The summed E-state index contributed by atoms with van der Waals surface area (Å²) in [7, 11) is 1.98. The number of esters is 1. The van der Waals surface area contributed by atoms with Crippen LogP contribution in [0.3, 0.4) is 0 Å². The molecule has 152 valence electrons. The molecule has 0 spiro atoms. The predicted molar refractivity (Wildman–Crippen MR) is 115 cm³/mol. The van der Waals surface area contributed by atoms with E-state index >= 15 is 0 Å². The summed E-state index contributed by atoms with van der Waals surface area (Å²) < 4.78 is 5.22. The average Bonchev–Trinajstić information content (AvgIpc) is 3.16. The van der Waals surface area contributed by atoms with E-state index in [2.05, 4.69) is 35.9 Å². The second-order valence-corrected chi connectivity index (χ2v) is 8.00. The maximum atomic E-state index is 12.3. The quantitative estimate of drug-likeness (QED) is 0.308. The second-order valence-electron chi connectivity index (χ2n) is 7.57. The molecule has 4 rings (SSSR count). The summed E-state index contributed by atoms with van der Waals surface area (Å²) in [5, 5.41) is 11.2. The van der Waals surface area contributed by atoms with E-state index in [1.807, 2.05) is 25.3 Å². The smallest absolute Gasteiger partial charge is 0.363 e. The van der Waals surface area contributed by atoms with Crippen LogP contribution in [0.25, 0.3) is 0 Å². The number of carbonyl (C=O) groups is 1. The van der Waals surface area contributed by atoms with Crippen molar-refractivity contribution in [3.05, 3.63) is 92.3 Å². The number of aliphatic imine (C=N–C) groups is 1. The van der Waals surface area contributed by atoms with Crippen LogP contribution < -0.4 is 4.90 Å². The van der Waals surface area contributed by atoms with E-state index in [1.165, 1.54) is 23.8 Å². The van der Waals surface area contributed by atoms with Gasteiger partial charge in [-0.15, -0.1) is 0 Å². The molecule has 8 heteroatoms. The van der Waals surface area contributed by atoms with Crippen LogP contribution in [0.4, 0.5) is 11.4 Å². The number of rotatable bonds is 3. The number of nitrogens with zero attached hydrogens (tertiary/aromatic N) is 3. The van der Waals surface area contributed by atoms with Gasteiger partial charge in [-0.2, -0.15) is 0 Å².